The first-order valence-corrected chi connectivity index (χ1v) is 5.36. The number of urea groups is 1. The number of amides is 2. The molecule has 0 aliphatic carbocycles. The molecule has 0 saturated carbocycles. The van der Waals surface area contributed by atoms with Crippen molar-refractivity contribution in [3.05, 3.63) is 28.8 Å². The molecule has 88 valence electrons. The molecule has 0 spiro atoms. The smallest absolute Gasteiger partial charge is 0.319 e. The van der Waals surface area contributed by atoms with Gasteiger partial charge in [-0.25, -0.2) is 4.79 Å². The van der Waals surface area contributed by atoms with Crippen molar-refractivity contribution < 1.29 is 9.90 Å². The van der Waals surface area contributed by atoms with Crippen LogP contribution in [-0.2, 0) is 0 Å². The average molecular weight is 243 g/mol. The summed E-state index contributed by atoms with van der Waals surface area (Å²) in [6, 6.07) is 4.91. The van der Waals surface area contributed by atoms with Crippen molar-refractivity contribution in [1.82, 2.24) is 5.32 Å². The molecule has 3 N–H and O–H groups in total. The molecule has 2 amide bonds. The van der Waals surface area contributed by atoms with Crippen LogP contribution < -0.4 is 10.6 Å². The second-order valence-corrected chi connectivity index (χ2v) is 4.06. The number of carbonyl (C=O) groups excluding carboxylic acids is 1. The van der Waals surface area contributed by atoms with Gasteiger partial charge in [0.1, 0.15) is 0 Å². The van der Waals surface area contributed by atoms with Crippen molar-refractivity contribution in [3.8, 4) is 0 Å². The van der Waals surface area contributed by atoms with Crippen LogP contribution >= 0.6 is 11.6 Å². The Balaban J connectivity index is 2.53. The van der Waals surface area contributed by atoms with Crippen LogP contribution in [0.3, 0.4) is 0 Å². The summed E-state index contributed by atoms with van der Waals surface area (Å²) in [6.45, 7) is 3.70. The standard InChI is InChI=1S/C11H15ClN2O2/c1-7-3-4-9(5-10(7)12)14-11(16)13-6-8(2)15/h3-5,8,15H,6H2,1-2H3,(H2,13,14,16). The average Bonchev–Trinajstić information content (AvgIpc) is 2.21. The van der Waals surface area contributed by atoms with E-state index in [9.17, 15) is 4.79 Å². The van der Waals surface area contributed by atoms with Gasteiger partial charge >= 0.3 is 6.03 Å². The van der Waals surface area contributed by atoms with Gasteiger partial charge in [0.2, 0.25) is 0 Å². The summed E-state index contributed by atoms with van der Waals surface area (Å²) in [5.74, 6) is 0. The van der Waals surface area contributed by atoms with Gasteiger partial charge in [-0.2, -0.15) is 0 Å². The van der Waals surface area contributed by atoms with E-state index in [4.69, 9.17) is 16.7 Å². The van der Waals surface area contributed by atoms with Crippen molar-refractivity contribution in [2.75, 3.05) is 11.9 Å². The van der Waals surface area contributed by atoms with Crippen LogP contribution in [0.5, 0.6) is 0 Å². The Morgan fingerprint density at radius 3 is 2.81 bits per heavy atom. The van der Waals surface area contributed by atoms with Gasteiger partial charge in [0, 0.05) is 17.3 Å². The lowest BCUT2D eigenvalue weighted by Gasteiger charge is -2.09. The topological polar surface area (TPSA) is 61.4 Å². The van der Waals surface area contributed by atoms with Gasteiger partial charge in [-0.15, -0.1) is 0 Å². The summed E-state index contributed by atoms with van der Waals surface area (Å²) in [5.41, 5.74) is 1.58. The molecule has 0 saturated heterocycles. The van der Waals surface area contributed by atoms with E-state index in [2.05, 4.69) is 10.6 Å². The van der Waals surface area contributed by atoms with Crippen LogP contribution in [0.2, 0.25) is 5.02 Å². The van der Waals surface area contributed by atoms with Crippen LogP contribution in [0.25, 0.3) is 0 Å². The Bertz CT molecular complexity index is 380. The van der Waals surface area contributed by atoms with Crippen LogP contribution in [0.1, 0.15) is 12.5 Å². The normalized spacial score (nSPS) is 12.0. The van der Waals surface area contributed by atoms with Gasteiger partial charge in [-0.05, 0) is 31.5 Å². The maximum Gasteiger partial charge on any atom is 0.319 e. The minimum Gasteiger partial charge on any atom is -0.392 e. The molecule has 5 heteroatoms. The van der Waals surface area contributed by atoms with Crippen molar-refractivity contribution >= 4 is 23.3 Å². The molecule has 0 aromatic heterocycles. The summed E-state index contributed by atoms with van der Waals surface area (Å²) < 4.78 is 0. The second-order valence-electron chi connectivity index (χ2n) is 3.65. The minimum atomic E-state index is -0.563. The summed E-state index contributed by atoms with van der Waals surface area (Å²) in [5, 5.41) is 14.7. The maximum atomic E-state index is 11.3. The first-order chi connectivity index (χ1) is 7.49. The highest BCUT2D eigenvalue weighted by molar-refractivity contribution is 6.31. The number of anilines is 1. The van der Waals surface area contributed by atoms with E-state index in [1.54, 1.807) is 19.1 Å². The third kappa shape index (κ3) is 4.08. The quantitative estimate of drug-likeness (QED) is 0.761. The molecule has 1 aromatic rings. The maximum absolute atomic E-state index is 11.3. The van der Waals surface area contributed by atoms with Crippen LogP contribution in [-0.4, -0.2) is 23.8 Å². The van der Waals surface area contributed by atoms with Crippen molar-refractivity contribution in [2.45, 2.75) is 20.0 Å². The van der Waals surface area contributed by atoms with E-state index in [0.717, 1.165) is 5.56 Å². The lowest BCUT2D eigenvalue weighted by Crippen LogP contribution is -2.34. The molecule has 1 aromatic carbocycles. The monoisotopic (exact) mass is 242 g/mol. The highest BCUT2D eigenvalue weighted by atomic mass is 35.5. The fourth-order valence-electron chi connectivity index (χ4n) is 1.09. The number of aryl methyl sites for hydroxylation is 1. The first-order valence-electron chi connectivity index (χ1n) is 4.98. The Morgan fingerprint density at radius 2 is 2.25 bits per heavy atom. The summed E-state index contributed by atoms with van der Waals surface area (Å²) in [6.07, 6.45) is -0.563. The lowest BCUT2D eigenvalue weighted by molar-refractivity contribution is 0.190. The molecular weight excluding hydrogens is 228 g/mol. The molecular formula is C11H15ClN2O2. The second kappa shape index (κ2) is 5.72. The summed E-state index contributed by atoms with van der Waals surface area (Å²) in [7, 11) is 0. The number of benzene rings is 1. The van der Waals surface area contributed by atoms with E-state index < -0.39 is 6.10 Å². The molecule has 0 bridgehead atoms. The predicted octanol–water partition coefficient (Wildman–Crippen LogP) is 2.15. The van der Waals surface area contributed by atoms with Crippen LogP contribution in [0.15, 0.2) is 18.2 Å². The zero-order chi connectivity index (χ0) is 12.1. The van der Waals surface area contributed by atoms with Gasteiger partial charge in [0.15, 0.2) is 0 Å². The fraction of sp³-hybridized carbons (Fsp3) is 0.364. The molecule has 0 heterocycles. The van der Waals surface area contributed by atoms with E-state index in [-0.39, 0.29) is 12.6 Å². The van der Waals surface area contributed by atoms with Crippen molar-refractivity contribution in [1.29, 1.82) is 0 Å². The van der Waals surface area contributed by atoms with E-state index >= 15 is 0 Å². The van der Waals surface area contributed by atoms with Gasteiger partial charge in [-0.3, -0.25) is 0 Å². The molecule has 16 heavy (non-hydrogen) atoms. The zero-order valence-electron chi connectivity index (χ0n) is 9.25. The molecule has 4 nitrogen and oxygen atoms in total. The molecule has 1 atom stereocenters. The van der Waals surface area contributed by atoms with E-state index in [1.165, 1.54) is 0 Å². The number of rotatable bonds is 3. The van der Waals surface area contributed by atoms with Gasteiger partial charge in [0.05, 0.1) is 6.10 Å². The Kier molecular flexibility index (Phi) is 4.58. The third-order valence-corrected chi connectivity index (χ3v) is 2.39. The number of hydrogen-bond donors (Lipinski definition) is 3. The van der Waals surface area contributed by atoms with Crippen LogP contribution in [0.4, 0.5) is 10.5 Å². The predicted molar refractivity (Wildman–Crippen MR) is 64.9 cm³/mol. The highest BCUT2D eigenvalue weighted by Crippen LogP contribution is 2.19. The van der Waals surface area contributed by atoms with Gasteiger partial charge in [-0.1, -0.05) is 17.7 Å². The number of aliphatic hydroxyl groups excluding tert-OH is 1. The van der Waals surface area contributed by atoms with E-state index in [1.807, 2.05) is 13.0 Å². The van der Waals surface area contributed by atoms with Crippen molar-refractivity contribution in [3.63, 3.8) is 0 Å². The summed E-state index contributed by atoms with van der Waals surface area (Å²) >= 11 is 5.91. The van der Waals surface area contributed by atoms with Gasteiger partial charge in [0.25, 0.3) is 0 Å². The number of aliphatic hydroxyl groups is 1. The lowest BCUT2D eigenvalue weighted by atomic mass is 10.2. The molecule has 0 aliphatic rings. The Labute approximate surface area is 99.6 Å². The number of nitrogens with one attached hydrogen (secondary N) is 2. The minimum absolute atomic E-state index is 0.214. The first kappa shape index (κ1) is 12.8. The van der Waals surface area contributed by atoms with Crippen molar-refractivity contribution in [2.24, 2.45) is 0 Å². The number of halogens is 1. The fourth-order valence-corrected chi connectivity index (χ4v) is 1.27. The number of hydrogen-bond acceptors (Lipinski definition) is 2. The number of carbonyl (C=O) groups is 1. The molecule has 1 unspecified atom stereocenters. The van der Waals surface area contributed by atoms with E-state index in [0.29, 0.717) is 10.7 Å². The Morgan fingerprint density at radius 1 is 1.56 bits per heavy atom. The zero-order valence-corrected chi connectivity index (χ0v) is 10.0. The SMILES string of the molecule is Cc1ccc(NC(=O)NCC(C)O)cc1Cl. The molecule has 0 aliphatic heterocycles. The molecule has 0 radical (unpaired) electrons. The summed E-state index contributed by atoms with van der Waals surface area (Å²) in [4.78, 5) is 11.3. The third-order valence-electron chi connectivity index (χ3n) is 1.99. The molecule has 0 fully saturated rings. The highest BCUT2D eigenvalue weighted by Gasteiger charge is 2.04. The van der Waals surface area contributed by atoms with Gasteiger partial charge < -0.3 is 15.7 Å². The van der Waals surface area contributed by atoms with Crippen LogP contribution in [0, 0.1) is 6.92 Å². The molecule has 1 rings (SSSR count). The largest absolute Gasteiger partial charge is 0.392 e. The Hall–Kier alpha value is -1.26.